The first kappa shape index (κ1) is 24.6. The largest absolute Gasteiger partial charge is 0.493 e. The number of anilines is 1. The summed E-state index contributed by atoms with van der Waals surface area (Å²) in [5.74, 6) is -0.452. The number of thioether (sulfide) groups is 1. The minimum Gasteiger partial charge on any atom is -0.493 e. The monoisotopic (exact) mass is 491 g/mol. The van der Waals surface area contributed by atoms with Crippen molar-refractivity contribution < 1.29 is 23.5 Å². The number of nitrogens with one attached hydrogen (secondary N) is 1. The van der Waals surface area contributed by atoms with Crippen molar-refractivity contribution in [1.82, 2.24) is 4.90 Å². The Bertz CT molecular complexity index is 1110. The maximum absolute atomic E-state index is 13.0. The van der Waals surface area contributed by atoms with Gasteiger partial charge in [-0.3, -0.25) is 19.5 Å². The molecule has 0 aromatic heterocycles. The van der Waals surface area contributed by atoms with Gasteiger partial charge in [0.05, 0.1) is 17.0 Å². The smallest absolute Gasteiger partial charge is 0.266 e. The van der Waals surface area contributed by atoms with E-state index in [1.165, 1.54) is 43.1 Å². The van der Waals surface area contributed by atoms with Crippen molar-refractivity contribution in [3.05, 3.63) is 57.7 Å². The van der Waals surface area contributed by atoms with Gasteiger partial charge in [-0.05, 0) is 73.6 Å². The zero-order chi connectivity index (χ0) is 24.0. The van der Waals surface area contributed by atoms with Crippen molar-refractivity contribution in [3.8, 4) is 11.5 Å². The maximum atomic E-state index is 13.0. The average Bonchev–Trinajstić information content (AvgIpc) is 3.08. The highest BCUT2D eigenvalue weighted by Gasteiger charge is 2.32. The zero-order valence-electron chi connectivity index (χ0n) is 18.4. The molecule has 7 nitrogen and oxygen atoms in total. The third-order valence-corrected chi connectivity index (χ3v) is 5.85. The van der Waals surface area contributed by atoms with E-state index < -0.39 is 11.7 Å². The number of amides is 2. The molecule has 174 valence electrons. The number of carbonyl (C=O) groups excluding carboxylic acids is 2. The van der Waals surface area contributed by atoms with Gasteiger partial charge < -0.3 is 14.8 Å². The van der Waals surface area contributed by atoms with Crippen molar-refractivity contribution >= 4 is 52.1 Å². The topological polar surface area (TPSA) is 80.2 Å². The van der Waals surface area contributed by atoms with Gasteiger partial charge in [0.2, 0.25) is 0 Å². The van der Waals surface area contributed by atoms with Crippen LogP contribution in [0, 0.1) is 5.82 Å². The van der Waals surface area contributed by atoms with Crippen molar-refractivity contribution in [1.29, 1.82) is 0 Å². The highest BCUT2D eigenvalue weighted by Crippen LogP contribution is 2.39. The summed E-state index contributed by atoms with van der Waals surface area (Å²) in [6, 6.07) is 8.68. The summed E-state index contributed by atoms with van der Waals surface area (Å²) < 4.78 is 24.0. The summed E-state index contributed by atoms with van der Waals surface area (Å²) in [6.45, 7) is 4.59. The van der Waals surface area contributed by atoms with Gasteiger partial charge >= 0.3 is 0 Å². The van der Waals surface area contributed by atoms with Gasteiger partial charge in [0.25, 0.3) is 11.8 Å². The Morgan fingerprint density at radius 3 is 2.64 bits per heavy atom. The first-order valence-corrected chi connectivity index (χ1v) is 11.4. The Hall–Kier alpha value is -3.04. The van der Waals surface area contributed by atoms with E-state index in [0.717, 1.165) is 0 Å². The maximum Gasteiger partial charge on any atom is 0.266 e. The highest BCUT2D eigenvalue weighted by atomic mass is 35.5. The predicted octanol–water partition coefficient (Wildman–Crippen LogP) is 4.82. The number of carbonyl (C=O) groups is 2. The second-order valence-electron chi connectivity index (χ2n) is 6.79. The number of benzene rings is 2. The van der Waals surface area contributed by atoms with E-state index in [4.69, 9.17) is 21.1 Å². The van der Waals surface area contributed by atoms with E-state index in [-0.39, 0.29) is 23.3 Å². The second-order valence-corrected chi connectivity index (χ2v) is 8.21. The van der Waals surface area contributed by atoms with Gasteiger partial charge in [0.15, 0.2) is 23.3 Å². The molecule has 33 heavy (non-hydrogen) atoms. The lowest BCUT2D eigenvalue weighted by Gasteiger charge is -2.13. The van der Waals surface area contributed by atoms with Crippen molar-refractivity contribution in [2.45, 2.75) is 13.8 Å². The molecule has 1 fully saturated rings. The molecule has 3 rings (SSSR count). The SMILES string of the molecule is CCN=C1S/C(=C\c2cc(Cl)c(OCC(=O)Nc3ccc(F)cc3)c(OC)c2)C(=O)N1CC. The fourth-order valence-corrected chi connectivity index (χ4v) is 4.40. The van der Waals surface area contributed by atoms with Gasteiger partial charge in [0, 0.05) is 18.8 Å². The Labute approximate surface area is 200 Å². The van der Waals surface area contributed by atoms with Crippen LogP contribution in [0.5, 0.6) is 11.5 Å². The summed E-state index contributed by atoms with van der Waals surface area (Å²) in [5.41, 5.74) is 1.08. The Morgan fingerprint density at radius 2 is 2.00 bits per heavy atom. The fourth-order valence-electron chi connectivity index (χ4n) is 3.02. The number of aliphatic imine (C=N–C) groups is 1. The molecule has 10 heteroatoms. The second kappa shape index (κ2) is 11.2. The third-order valence-electron chi connectivity index (χ3n) is 4.52. The molecule has 1 aliphatic rings. The molecule has 1 N–H and O–H groups in total. The number of methoxy groups -OCH3 is 1. The van der Waals surface area contributed by atoms with Gasteiger partial charge in [-0.2, -0.15) is 0 Å². The number of rotatable bonds is 8. The van der Waals surface area contributed by atoms with Crippen molar-refractivity contribution in [2.24, 2.45) is 4.99 Å². The fraction of sp³-hybridized carbons (Fsp3) is 0.261. The highest BCUT2D eigenvalue weighted by molar-refractivity contribution is 8.18. The molecule has 1 aliphatic heterocycles. The normalized spacial score (nSPS) is 15.9. The minimum absolute atomic E-state index is 0.123. The lowest BCUT2D eigenvalue weighted by Crippen LogP contribution is -2.28. The lowest BCUT2D eigenvalue weighted by molar-refractivity contribution is -0.122. The van der Waals surface area contributed by atoms with E-state index in [0.29, 0.717) is 40.2 Å². The summed E-state index contributed by atoms with van der Waals surface area (Å²) in [4.78, 5) is 31.4. The summed E-state index contributed by atoms with van der Waals surface area (Å²) in [7, 11) is 1.45. The first-order chi connectivity index (χ1) is 15.9. The molecule has 0 atom stereocenters. The third kappa shape index (κ3) is 6.06. The van der Waals surface area contributed by atoms with E-state index in [1.54, 1.807) is 23.1 Å². The van der Waals surface area contributed by atoms with E-state index in [1.807, 2.05) is 13.8 Å². The zero-order valence-corrected chi connectivity index (χ0v) is 19.9. The number of halogens is 2. The van der Waals surface area contributed by atoms with Crippen LogP contribution >= 0.6 is 23.4 Å². The van der Waals surface area contributed by atoms with Crippen molar-refractivity contribution in [2.75, 3.05) is 32.1 Å². The number of nitrogens with zero attached hydrogens (tertiary/aromatic N) is 2. The molecular weight excluding hydrogens is 469 g/mol. The molecule has 0 spiro atoms. The van der Waals surface area contributed by atoms with Crippen molar-refractivity contribution in [3.63, 3.8) is 0 Å². The van der Waals surface area contributed by atoms with Crippen LogP contribution in [0.2, 0.25) is 5.02 Å². The number of ether oxygens (including phenoxy) is 2. The van der Waals surface area contributed by atoms with Crippen LogP contribution < -0.4 is 14.8 Å². The average molecular weight is 492 g/mol. The van der Waals surface area contributed by atoms with Crippen LogP contribution in [0.4, 0.5) is 10.1 Å². The van der Waals surface area contributed by atoms with Crippen LogP contribution in [-0.2, 0) is 9.59 Å². The standard InChI is InChI=1S/C23H23ClFN3O4S/c1-4-26-23-28(5-2)22(30)19(33-23)12-14-10-17(24)21(18(11-14)31-3)32-13-20(29)27-16-8-6-15(25)7-9-16/h6-12H,4-5,13H2,1-3H3,(H,27,29)/b19-12-,26-23?. The Balaban J connectivity index is 1.75. The number of hydrogen-bond donors (Lipinski definition) is 1. The van der Waals surface area contributed by atoms with Gasteiger partial charge in [-0.1, -0.05) is 11.6 Å². The number of hydrogen-bond acceptors (Lipinski definition) is 6. The van der Waals surface area contributed by atoms with Crippen LogP contribution in [0.1, 0.15) is 19.4 Å². The predicted molar refractivity (Wildman–Crippen MR) is 129 cm³/mol. The number of likely N-dealkylation sites (N-methyl/N-ethyl adjacent to an activating group) is 1. The molecule has 0 bridgehead atoms. The van der Waals surface area contributed by atoms with Crippen LogP contribution in [0.3, 0.4) is 0 Å². The molecule has 2 aromatic carbocycles. The summed E-state index contributed by atoms with van der Waals surface area (Å²) in [5, 5.41) is 3.50. The molecule has 0 aliphatic carbocycles. The molecule has 1 heterocycles. The van der Waals surface area contributed by atoms with Gasteiger partial charge in [-0.25, -0.2) is 4.39 Å². The molecule has 2 amide bonds. The van der Waals surface area contributed by atoms with E-state index in [2.05, 4.69) is 10.3 Å². The van der Waals surface area contributed by atoms with E-state index in [9.17, 15) is 14.0 Å². The quantitative estimate of drug-likeness (QED) is 0.536. The van der Waals surface area contributed by atoms with Gasteiger partial charge in [-0.15, -0.1) is 0 Å². The summed E-state index contributed by atoms with van der Waals surface area (Å²) >= 11 is 7.70. The Kier molecular flexibility index (Phi) is 8.35. The molecule has 0 unspecified atom stereocenters. The van der Waals surface area contributed by atoms with Crippen LogP contribution in [-0.4, -0.2) is 48.7 Å². The first-order valence-electron chi connectivity index (χ1n) is 10.2. The lowest BCUT2D eigenvalue weighted by atomic mass is 10.1. The molecule has 0 radical (unpaired) electrons. The molecule has 2 aromatic rings. The Morgan fingerprint density at radius 1 is 1.27 bits per heavy atom. The molecule has 0 saturated carbocycles. The van der Waals surface area contributed by atoms with Gasteiger partial charge in [0.1, 0.15) is 5.82 Å². The van der Waals surface area contributed by atoms with Crippen LogP contribution in [0.25, 0.3) is 6.08 Å². The van der Waals surface area contributed by atoms with E-state index >= 15 is 0 Å². The number of amidine groups is 1. The molecule has 1 saturated heterocycles. The summed E-state index contributed by atoms with van der Waals surface area (Å²) in [6.07, 6.45) is 1.72. The molecular formula is C23H23ClFN3O4S. The van der Waals surface area contributed by atoms with Crippen LogP contribution in [0.15, 0.2) is 46.3 Å². The minimum atomic E-state index is -0.443.